The van der Waals surface area contributed by atoms with Crippen molar-refractivity contribution in [3.05, 3.63) is 15.6 Å². The highest BCUT2D eigenvalue weighted by Crippen LogP contribution is 2.41. The highest BCUT2D eigenvalue weighted by Gasteiger charge is 2.44. The second kappa shape index (κ2) is 5.74. The Morgan fingerprint density at radius 1 is 1.40 bits per heavy atom. The highest BCUT2D eigenvalue weighted by molar-refractivity contribution is 7.11. The van der Waals surface area contributed by atoms with Crippen LogP contribution in [0.15, 0.2) is 0 Å². The summed E-state index contributed by atoms with van der Waals surface area (Å²) in [6.45, 7) is 10.2. The van der Waals surface area contributed by atoms with Crippen LogP contribution in [0.3, 0.4) is 0 Å². The predicted octanol–water partition coefficient (Wildman–Crippen LogP) is 3.08. The molecule has 2 atom stereocenters. The third-order valence-corrected chi connectivity index (χ3v) is 6.28. The van der Waals surface area contributed by atoms with Crippen LogP contribution in [0.5, 0.6) is 0 Å². The van der Waals surface area contributed by atoms with Gasteiger partial charge < -0.3 is 10.2 Å². The Kier molecular flexibility index (Phi) is 4.16. The molecule has 0 amide bonds. The van der Waals surface area contributed by atoms with Crippen LogP contribution >= 0.6 is 11.3 Å². The van der Waals surface area contributed by atoms with Crippen LogP contribution in [0, 0.1) is 6.92 Å². The Balaban J connectivity index is 1.90. The summed E-state index contributed by atoms with van der Waals surface area (Å²) in [5.41, 5.74) is 1.44. The van der Waals surface area contributed by atoms with Gasteiger partial charge in [-0.05, 0) is 52.1 Å². The van der Waals surface area contributed by atoms with Crippen molar-refractivity contribution in [2.45, 2.75) is 64.5 Å². The maximum absolute atomic E-state index is 4.99. The van der Waals surface area contributed by atoms with Crippen molar-refractivity contribution in [2.24, 2.45) is 0 Å². The minimum Gasteiger partial charge on any atom is -0.306 e. The zero-order valence-electron chi connectivity index (χ0n) is 13.0. The fourth-order valence-corrected chi connectivity index (χ4v) is 5.20. The van der Waals surface area contributed by atoms with Crippen molar-refractivity contribution in [3.8, 4) is 0 Å². The maximum Gasteiger partial charge on any atom is 0.113 e. The van der Waals surface area contributed by atoms with E-state index in [-0.39, 0.29) is 5.54 Å². The summed E-state index contributed by atoms with van der Waals surface area (Å²) in [7, 11) is 0. The normalized spacial score (nSPS) is 30.6. The van der Waals surface area contributed by atoms with E-state index >= 15 is 0 Å². The van der Waals surface area contributed by atoms with Gasteiger partial charge >= 0.3 is 0 Å². The molecular formula is C16H27N3S. The monoisotopic (exact) mass is 293 g/mol. The number of hydrogen-bond acceptors (Lipinski definition) is 4. The van der Waals surface area contributed by atoms with E-state index in [1.54, 1.807) is 0 Å². The Hall–Kier alpha value is -0.450. The van der Waals surface area contributed by atoms with Crippen LogP contribution in [0.4, 0.5) is 0 Å². The average molecular weight is 293 g/mol. The minimum atomic E-state index is 0.142. The van der Waals surface area contributed by atoms with E-state index in [1.165, 1.54) is 54.4 Å². The summed E-state index contributed by atoms with van der Waals surface area (Å²) in [6.07, 6.45) is 6.27. The van der Waals surface area contributed by atoms with E-state index in [4.69, 9.17) is 4.98 Å². The number of thiazole rings is 1. The van der Waals surface area contributed by atoms with Crippen LogP contribution in [0.25, 0.3) is 0 Å². The molecule has 0 radical (unpaired) electrons. The van der Waals surface area contributed by atoms with Crippen molar-refractivity contribution in [3.63, 3.8) is 0 Å². The fraction of sp³-hybridized carbons (Fsp3) is 0.812. The van der Waals surface area contributed by atoms with E-state index < -0.39 is 0 Å². The van der Waals surface area contributed by atoms with E-state index in [2.05, 4.69) is 31.0 Å². The van der Waals surface area contributed by atoms with Crippen molar-refractivity contribution < 1.29 is 0 Å². The Bertz CT molecular complexity index is 470. The Morgan fingerprint density at radius 3 is 2.95 bits per heavy atom. The molecule has 112 valence electrons. The Morgan fingerprint density at radius 2 is 2.25 bits per heavy atom. The van der Waals surface area contributed by atoms with E-state index in [0.29, 0.717) is 0 Å². The first-order chi connectivity index (χ1) is 9.68. The van der Waals surface area contributed by atoms with Gasteiger partial charge in [0.05, 0.1) is 11.2 Å². The lowest BCUT2D eigenvalue weighted by atomic mass is 9.83. The maximum atomic E-state index is 4.99. The molecule has 1 N–H and O–H groups in total. The van der Waals surface area contributed by atoms with Gasteiger partial charge in [0.15, 0.2) is 0 Å². The topological polar surface area (TPSA) is 28.2 Å². The molecule has 0 spiro atoms. The molecule has 1 aromatic heterocycles. The third kappa shape index (κ3) is 2.42. The first-order valence-electron chi connectivity index (χ1n) is 8.14. The molecule has 0 aliphatic carbocycles. The zero-order valence-corrected chi connectivity index (χ0v) is 13.9. The van der Waals surface area contributed by atoms with Crippen molar-refractivity contribution in [1.29, 1.82) is 0 Å². The van der Waals surface area contributed by atoms with Gasteiger partial charge in [-0.25, -0.2) is 4.98 Å². The number of hydrogen-bond donors (Lipinski definition) is 1. The molecule has 0 bridgehead atoms. The van der Waals surface area contributed by atoms with Crippen LogP contribution in [0.1, 0.15) is 55.1 Å². The summed E-state index contributed by atoms with van der Waals surface area (Å²) in [5.74, 6) is 0. The minimum absolute atomic E-state index is 0.142. The van der Waals surface area contributed by atoms with Crippen LogP contribution in [-0.4, -0.2) is 35.6 Å². The van der Waals surface area contributed by atoms with E-state index in [1.807, 2.05) is 11.3 Å². The second-order valence-electron chi connectivity index (χ2n) is 6.27. The van der Waals surface area contributed by atoms with Gasteiger partial charge in [-0.1, -0.05) is 13.8 Å². The number of nitrogens with zero attached hydrogens (tertiary/aromatic N) is 2. The Labute approximate surface area is 126 Å². The molecule has 2 saturated heterocycles. The molecule has 2 aliphatic rings. The van der Waals surface area contributed by atoms with Gasteiger partial charge in [0.2, 0.25) is 0 Å². The van der Waals surface area contributed by atoms with Crippen molar-refractivity contribution in [2.75, 3.05) is 19.6 Å². The molecular weight excluding hydrogens is 266 g/mol. The molecule has 1 aromatic rings. The second-order valence-corrected chi connectivity index (χ2v) is 7.48. The van der Waals surface area contributed by atoms with Crippen molar-refractivity contribution >= 4 is 11.3 Å². The van der Waals surface area contributed by atoms with E-state index in [0.717, 1.165) is 19.0 Å². The summed E-state index contributed by atoms with van der Waals surface area (Å²) in [5, 5.41) is 5.16. The fourth-order valence-electron chi connectivity index (χ4n) is 3.99. The summed E-state index contributed by atoms with van der Waals surface area (Å²) < 4.78 is 0. The molecule has 3 nitrogen and oxygen atoms in total. The average Bonchev–Trinajstić information content (AvgIpc) is 3.04. The van der Waals surface area contributed by atoms with E-state index in [9.17, 15) is 0 Å². The molecule has 0 saturated carbocycles. The van der Waals surface area contributed by atoms with Gasteiger partial charge in [-0.3, -0.25) is 0 Å². The van der Waals surface area contributed by atoms with Gasteiger partial charge in [0.1, 0.15) is 5.01 Å². The number of rotatable bonds is 4. The van der Waals surface area contributed by atoms with Gasteiger partial charge in [-0.2, -0.15) is 0 Å². The smallest absolute Gasteiger partial charge is 0.113 e. The van der Waals surface area contributed by atoms with Gasteiger partial charge in [0.25, 0.3) is 0 Å². The SMILES string of the molecule is CCNC1(c2nc(CC)c(C)s2)CCN2CCCC2C1. The number of aryl methyl sites for hydroxylation is 2. The van der Waals surface area contributed by atoms with Gasteiger partial charge in [-0.15, -0.1) is 11.3 Å². The zero-order chi connectivity index (χ0) is 14.2. The molecule has 2 fully saturated rings. The number of piperidine rings is 1. The molecule has 0 aromatic carbocycles. The molecule has 3 heterocycles. The highest BCUT2D eigenvalue weighted by atomic mass is 32.1. The van der Waals surface area contributed by atoms with Gasteiger partial charge in [0, 0.05) is 17.5 Å². The third-order valence-electron chi connectivity index (χ3n) is 5.06. The first kappa shape index (κ1) is 14.5. The van der Waals surface area contributed by atoms with Crippen LogP contribution in [-0.2, 0) is 12.0 Å². The number of nitrogens with one attached hydrogen (secondary N) is 1. The van der Waals surface area contributed by atoms with Crippen molar-refractivity contribution in [1.82, 2.24) is 15.2 Å². The summed E-state index contributed by atoms with van der Waals surface area (Å²) in [6, 6.07) is 0.775. The molecule has 4 heteroatoms. The quantitative estimate of drug-likeness (QED) is 0.924. The summed E-state index contributed by atoms with van der Waals surface area (Å²) >= 11 is 1.93. The first-order valence-corrected chi connectivity index (χ1v) is 8.96. The lowest BCUT2D eigenvalue weighted by Gasteiger charge is -2.43. The molecule has 3 rings (SSSR count). The summed E-state index contributed by atoms with van der Waals surface area (Å²) in [4.78, 5) is 9.10. The largest absolute Gasteiger partial charge is 0.306 e. The molecule has 2 unspecified atom stereocenters. The lowest BCUT2D eigenvalue weighted by Crippen LogP contribution is -2.53. The molecule has 2 aliphatic heterocycles. The van der Waals surface area contributed by atoms with Crippen LogP contribution in [0.2, 0.25) is 0 Å². The number of fused-ring (bicyclic) bond motifs is 1. The standard InChI is InChI=1S/C16H27N3S/c1-4-14-12(3)20-15(18-14)16(17-5-2)8-10-19-9-6-7-13(19)11-16/h13,17H,4-11H2,1-3H3. The number of aromatic nitrogens is 1. The predicted molar refractivity (Wildman–Crippen MR) is 85.4 cm³/mol. The molecule has 20 heavy (non-hydrogen) atoms. The van der Waals surface area contributed by atoms with Crippen LogP contribution < -0.4 is 5.32 Å². The lowest BCUT2D eigenvalue weighted by molar-refractivity contribution is 0.106.